The van der Waals surface area contributed by atoms with Crippen LogP contribution < -0.4 is 5.32 Å². The Balaban J connectivity index is 1.43. The molecule has 3 unspecified atom stereocenters. The van der Waals surface area contributed by atoms with Crippen LogP contribution in [0.4, 0.5) is 0 Å². The van der Waals surface area contributed by atoms with Crippen molar-refractivity contribution in [2.24, 2.45) is 17.8 Å². The van der Waals surface area contributed by atoms with Gasteiger partial charge in [-0.3, -0.25) is 4.79 Å². The Kier molecular flexibility index (Phi) is 4.88. The first-order valence-electron chi connectivity index (χ1n) is 9.32. The van der Waals surface area contributed by atoms with Crippen molar-refractivity contribution in [1.82, 2.24) is 5.32 Å². The van der Waals surface area contributed by atoms with Gasteiger partial charge < -0.3 is 5.32 Å². The van der Waals surface area contributed by atoms with E-state index in [-0.39, 0.29) is 17.9 Å². The van der Waals surface area contributed by atoms with Gasteiger partial charge in [-0.05, 0) is 50.0 Å². The second kappa shape index (κ2) is 6.95. The minimum absolute atomic E-state index is 0.102. The normalized spacial score (nSPS) is 32.5. The van der Waals surface area contributed by atoms with Crippen LogP contribution in [0.5, 0.6) is 0 Å². The number of rotatable bonds is 3. The molecule has 4 heteroatoms. The van der Waals surface area contributed by atoms with Gasteiger partial charge >= 0.3 is 0 Å². The summed E-state index contributed by atoms with van der Waals surface area (Å²) in [6.45, 7) is 2.10. The Bertz CT molecular complexity index is 569. The third kappa shape index (κ3) is 3.01. The fourth-order valence-electron chi connectivity index (χ4n) is 4.98. The fraction of sp³-hybridized carbons (Fsp3) is 0.650. The van der Waals surface area contributed by atoms with Crippen LogP contribution in [0.3, 0.4) is 0 Å². The monoisotopic (exact) mass is 361 g/mol. The fourth-order valence-corrected chi connectivity index (χ4v) is 8.92. The Morgan fingerprint density at radius 3 is 2.38 bits per heavy atom. The quantitative estimate of drug-likeness (QED) is 0.833. The van der Waals surface area contributed by atoms with Gasteiger partial charge in [0.15, 0.2) is 0 Å². The minimum atomic E-state index is 0.102. The molecule has 1 N–H and O–H groups in total. The number of thioether (sulfide) groups is 2. The summed E-state index contributed by atoms with van der Waals surface area (Å²) in [5, 5.41) is 3.28. The number of amides is 1. The number of carbonyl (C=O) groups is 1. The Labute approximate surface area is 153 Å². The van der Waals surface area contributed by atoms with E-state index < -0.39 is 0 Å². The first-order chi connectivity index (χ1) is 11.7. The van der Waals surface area contributed by atoms with Crippen molar-refractivity contribution in [2.45, 2.75) is 49.1 Å². The van der Waals surface area contributed by atoms with E-state index in [9.17, 15) is 4.79 Å². The number of carbonyl (C=O) groups excluding carboxylic acids is 1. The molecule has 2 nitrogen and oxygen atoms in total. The second-order valence-electron chi connectivity index (χ2n) is 7.55. The van der Waals surface area contributed by atoms with Crippen LogP contribution in [0.15, 0.2) is 30.3 Å². The molecule has 0 aromatic heterocycles. The van der Waals surface area contributed by atoms with E-state index in [1.807, 2.05) is 18.2 Å². The number of benzene rings is 1. The molecule has 1 aliphatic heterocycles. The third-order valence-electron chi connectivity index (χ3n) is 6.15. The van der Waals surface area contributed by atoms with Crippen molar-refractivity contribution >= 4 is 29.4 Å². The van der Waals surface area contributed by atoms with Crippen LogP contribution in [-0.2, 0) is 4.79 Å². The predicted octanol–water partition coefficient (Wildman–Crippen LogP) is 4.87. The summed E-state index contributed by atoms with van der Waals surface area (Å²) in [4.78, 5) is 12.9. The Morgan fingerprint density at radius 1 is 1.12 bits per heavy atom. The van der Waals surface area contributed by atoms with Gasteiger partial charge in [-0.25, -0.2) is 0 Å². The highest BCUT2D eigenvalue weighted by molar-refractivity contribution is 8.21. The van der Waals surface area contributed by atoms with Gasteiger partial charge in [0.05, 0.1) is 10.1 Å². The van der Waals surface area contributed by atoms with Crippen molar-refractivity contribution in [3.63, 3.8) is 0 Å². The summed E-state index contributed by atoms with van der Waals surface area (Å²) < 4.78 is 0.458. The van der Waals surface area contributed by atoms with Crippen LogP contribution in [-0.4, -0.2) is 21.5 Å². The molecule has 3 aliphatic rings. The smallest absolute Gasteiger partial charge is 0.223 e. The average molecular weight is 362 g/mol. The first-order valence-corrected chi connectivity index (χ1v) is 11.3. The third-order valence-corrected chi connectivity index (χ3v) is 10.2. The topological polar surface area (TPSA) is 29.1 Å². The van der Waals surface area contributed by atoms with Gasteiger partial charge in [-0.15, -0.1) is 23.5 Å². The second-order valence-corrected chi connectivity index (χ2v) is 10.6. The molecular formula is C20H27NOS2. The lowest BCUT2D eigenvalue weighted by molar-refractivity contribution is -0.128. The molecule has 24 heavy (non-hydrogen) atoms. The van der Waals surface area contributed by atoms with E-state index in [2.05, 4.69) is 47.9 Å². The molecule has 3 fully saturated rings. The van der Waals surface area contributed by atoms with Crippen LogP contribution in [0.25, 0.3) is 0 Å². The van der Waals surface area contributed by atoms with E-state index in [4.69, 9.17) is 0 Å². The van der Waals surface area contributed by atoms with Gasteiger partial charge in [-0.2, -0.15) is 0 Å². The predicted molar refractivity (Wildman–Crippen MR) is 104 cm³/mol. The first kappa shape index (κ1) is 16.8. The maximum absolute atomic E-state index is 12.9. The maximum Gasteiger partial charge on any atom is 0.223 e. The lowest BCUT2D eigenvalue weighted by atomic mass is 9.67. The van der Waals surface area contributed by atoms with Gasteiger partial charge in [-0.1, -0.05) is 36.8 Å². The van der Waals surface area contributed by atoms with Crippen LogP contribution in [0.1, 0.15) is 50.6 Å². The molecule has 1 aromatic carbocycles. The summed E-state index contributed by atoms with van der Waals surface area (Å²) in [5.74, 6) is 4.60. The highest BCUT2D eigenvalue weighted by Gasteiger charge is 2.55. The van der Waals surface area contributed by atoms with Crippen molar-refractivity contribution in [1.29, 1.82) is 0 Å². The highest BCUT2D eigenvalue weighted by Crippen LogP contribution is 2.64. The van der Waals surface area contributed by atoms with Gasteiger partial charge in [0.25, 0.3) is 0 Å². The zero-order valence-corrected chi connectivity index (χ0v) is 16.0. The molecule has 1 spiro atoms. The Morgan fingerprint density at radius 2 is 1.75 bits per heavy atom. The molecule has 1 amide bonds. The lowest BCUT2D eigenvalue weighted by Gasteiger charge is -2.52. The molecule has 4 rings (SSSR count). The minimum Gasteiger partial charge on any atom is -0.349 e. The van der Waals surface area contributed by atoms with E-state index >= 15 is 0 Å². The molecule has 3 atom stereocenters. The summed E-state index contributed by atoms with van der Waals surface area (Å²) in [6, 6.07) is 10.4. The Hall–Kier alpha value is -0.610. The lowest BCUT2D eigenvalue weighted by Crippen LogP contribution is -2.49. The molecule has 1 saturated heterocycles. The van der Waals surface area contributed by atoms with Crippen molar-refractivity contribution < 1.29 is 4.79 Å². The largest absolute Gasteiger partial charge is 0.349 e. The van der Waals surface area contributed by atoms with E-state index in [1.54, 1.807) is 0 Å². The summed E-state index contributed by atoms with van der Waals surface area (Å²) >= 11 is 4.43. The van der Waals surface area contributed by atoms with Crippen molar-refractivity contribution in [3.8, 4) is 0 Å². The summed E-state index contributed by atoms with van der Waals surface area (Å²) in [5.41, 5.74) is 1.19. The van der Waals surface area contributed by atoms with Gasteiger partial charge in [0, 0.05) is 17.4 Å². The van der Waals surface area contributed by atoms with E-state index in [0.29, 0.717) is 4.08 Å². The SMILES string of the molecule is CC(NC(=O)C1CC2CCCC(C1)C21SCCS1)c1ccccc1. The molecule has 1 heterocycles. The molecule has 130 valence electrons. The number of nitrogens with one attached hydrogen (secondary N) is 1. The standard InChI is InChI=1S/C20H27NOS2/c1-14(15-6-3-2-4-7-15)21-19(22)16-12-17-8-5-9-18(13-16)20(17)23-10-11-24-20/h2-4,6-7,14,16-18H,5,8-13H2,1H3,(H,21,22). The molecule has 2 saturated carbocycles. The summed E-state index contributed by atoms with van der Waals surface area (Å²) in [6.07, 6.45) is 6.23. The molecule has 0 radical (unpaired) electrons. The number of hydrogen-bond donors (Lipinski definition) is 1. The highest BCUT2D eigenvalue weighted by atomic mass is 32.2. The van der Waals surface area contributed by atoms with E-state index in [1.165, 1.54) is 36.3 Å². The molecule has 1 aromatic rings. The zero-order valence-electron chi connectivity index (χ0n) is 14.4. The van der Waals surface area contributed by atoms with Gasteiger partial charge in [0.1, 0.15) is 0 Å². The maximum atomic E-state index is 12.9. The van der Waals surface area contributed by atoms with Crippen molar-refractivity contribution in [2.75, 3.05) is 11.5 Å². The van der Waals surface area contributed by atoms with Crippen LogP contribution in [0.2, 0.25) is 0 Å². The van der Waals surface area contributed by atoms with Gasteiger partial charge in [0.2, 0.25) is 5.91 Å². The molecule has 2 aliphatic carbocycles. The van der Waals surface area contributed by atoms with E-state index in [0.717, 1.165) is 24.7 Å². The van der Waals surface area contributed by atoms with Crippen molar-refractivity contribution in [3.05, 3.63) is 35.9 Å². The summed E-state index contributed by atoms with van der Waals surface area (Å²) in [7, 11) is 0. The zero-order chi connectivity index (χ0) is 16.6. The van der Waals surface area contributed by atoms with Crippen LogP contribution >= 0.6 is 23.5 Å². The molecule has 2 bridgehead atoms. The average Bonchev–Trinajstić information content (AvgIpc) is 3.05. The molecular weight excluding hydrogens is 334 g/mol. The van der Waals surface area contributed by atoms with Crippen LogP contribution in [0, 0.1) is 17.8 Å². The number of hydrogen-bond acceptors (Lipinski definition) is 3.